The summed E-state index contributed by atoms with van der Waals surface area (Å²) in [4.78, 5) is 14.8. The molecule has 4 heteroatoms. The van der Waals surface area contributed by atoms with Crippen molar-refractivity contribution in [3.8, 4) is 6.07 Å². The van der Waals surface area contributed by atoms with Gasteiger partial charge in [0.1, 0.15) is 0 Å². The molecule has 0 spiro atoms. The number of hydrogen-bond donors (Lipinski definition) is 0. The average molecular weight is 167 g/mol. The lowest BCUT2D eigenvalue weighted by Crippen LogP contribution is -2.30. The molecule has 2 amide bonds. The zero-order chi connectivity index (χ0) is 8.97. The van der Waals surface area contributed by atoms with Crippen LogP contribution in [0, 0.1) is 11.3 Å². The quantitative estimate of drug-likeness (QED) is 0.579. The van der Waals surface area contributed by atoms with Gasteiger partial charge in [-0.2, -0.15) is 5.26 Å². The Bertz CT molecular complexity index is 209. The van der Waals surface area contributed by atoms with E-state index in [9.17, 15) is 4.79 Å². The normalized spacial score (nSPS) is 16.8. The molecule has 0 aromatic carbocycles. The van der Waals surface area contributed by atoms with Gasteiger partial charge in [-0.3, -0.25) is 0 Å². The summed E-state index contributed by atoms with van der Waals surface area (Å²) in [5.74, 6) is 0. The van der Waals surface area contributed by atoms with Gasteiger partial charge in [-0.05, 0) is 6.42 Å². The molecule has 1 rings (SSSR count). The highest BCUT2D eigenvalue weighted by Crippen LogP contribution is 2.06. The Morgan fingerprint density at radius 3 is 2.83 bits per heavy atom. The minimum Gasteiger partial charge on any atom is -0.326 e. The van der Waals surface area contributed by atoms with Crippen molar-refractivity contribution in [3.05, 3.63) is 0 Å². The van der Waals surface area contributed by atoms with E-state index >= 15 is 0 Å². The third-order valence-corrected chi connectivity index (χ3v) is 2.02. The smallest absolute Gasteiger partial charge is 0.319 e. The molecule has 0 aromatic rings. The van der Waals surface area contributed by atoms with Crippen LogP contribution >= 0.6 is 0 Å². The molecule has 0 saturated carbocycles. The van der Waals surface area contributed by atoms with E-state index in [-0.39, 0.29) is 6.03 Å². The van der Waals surface area contributed by atoms with Crippen molar-refractivity contribution in [2.75, 3.05) is 26.7 Å². The van der Waals surface area contributed by atoms with E-state index in [2.05, 4.69) is 6.07 Å². The molecule has 1 saturated heterocycles. The molecule has 66 valence electrons. The number of likely N-dealkylation sites (N-methyl/N-ethyl adjacent to an activating group) is 1. The standard InChI is InChI=1S/C8H13N3O/c1-10-6-7-11(8(10)12)5-3-2-4-9/h2-3,5-7H2,1H3. The van der Waals surface area contributed by atoms with Gasteiger partial charge >= 0.3 is 6.03 Å². The molecule has 4 nitrogen and oxygen atoms in total. The van der Waals surface area contributed by atoms with Crippen molar-refractivity contribution in [1.82, 2.24) is 9.80 Å². The van der Waals surface area contributed by atoms with E-state index in [0.717, 1.165) is 26.1 Å². The van der Waals surface area contributed by atoms with Crippen molar-refractivity contribution >= 4 is 6.03 Å². The number of unbranched alkanes of at least 4 members (excludes halogenated alkanes) is 1. The van der Waals surface area contributed by atoms with E-state index < -0.39 is 0 Å². The number of nitriles is 1. The highest BCUT2D eigenvalue weighted by molar-refractivity contribution is 5.76. The van der Waals surface area contributed by atoms with E-state index in [0.29, 0.717) is 6.42 Å². The minimum atomic E-state index is 0.0907. The first-order valence-corrected chi connectivity index (χ1v) is 4.12. The van der Waals surface area contributed by atoms with Crippen LogP contribution in [0.25, 0.3) is 0 Å². The summed E-state index contributed by atoms with van der Waals surface area (Å²) in [5.41, 5.74) is 0. The molecule has 1 heterocycles. The van der Waals surface area contributed by atoms with Crippen molar-refractivity contribution in [3.63, 3.8) is 0 Å². The Balaban J connectivity index is 2.26. The van der Waals surface area contributed by atoms with Gasteiger partial charge in [-0.15, -0.1) is 0 Å². The summed E-state index contributed by atoms with van der Waals surface area (Å²) < 4.78 is 0. The molecule has 0 bridgehead atoms. The number of hydrogen-bond acceptors (Lipinski definition) is 2. The molecule has 0 aliphatic carbocycles. The SMILES string of the molecule is CN1CCN(CCCC#N)C1=O. The molecule has 1 fully saturated rings. The van der Waals surface area contributed by atoms with Crippen LogP contribution in [-0.4, -0.2) is 42.5 Å². The fourth-order valence-corrected chi connectivity index (χ4v) is 1.26. The summed E-state index contributed by atoms with van der Waals surface area (Å²) in [5, 5.41) is 8.29. The molecular formula is C8H13N3O. The first-order chi connectivity index (χ1) is 5.75. The lowest BCUT2D eigenvalue weighted by molar-refractivity contribution is 0.198. The summed E-state index contributed by atoms with van der Waals surface area (Å²) >= 11 is 0. The lowest BCUT2D eigenvalue weighted by Gasteiger charge is -2.14. The molecular weight excluding hydrogens is 154 g/mol. The number of urea groups is 1. The van der Waals surface area contributed by atoms with Crippen LogP contribution in [0.4, 0.5) is 4.79 Å². The summed E-state index contributed by atoms with van der Waals surface area (Å²) in [6, 6.07) is 2.16. The van der Waals surface area contributed by atoms with Gasteiger partial charge < -0.3 is 9.80 Å². The molecule has 0 radical (unpaired) electrons. The van der Waals surface area contributed by atoms with Gasteiger partial charge in [-0.25, -0.2) is 4.79 Å². The largest absolute Gasteiger partial charge is 0.326 e. The Morgan fingerprint density at radius 1 is 1.58 bits per heavy atom. The fraction of sp³-hybridized carbons (Fsp3) is 0.750. The summed E-state index contributed by atoms with van der Waals surface area (Å²) in [7, 11) is 1.80. The maximum absolute atomic E-state index is 11.3. The van der Waals surface area contributed by atoms with E-state index in [1.165, 1.54) is 0 Å². The molecule has 0 unspecified atom stereocenters. The topological polar surface area (TPSA) is 47.3 Å². The molecule has 1 aliphatic heterocycles. The highest BCUT2D eigenvalue weighted by Gasteiger charge is 2.23. The first kappa shape index (κ1) is 8.85. The minimum absolute atomic E-state index is 0.0907. The Hall–Kier alpha value is -1.24. The van der Waals surface area contributed by atoms with Gasteiger partial charge in [0, 0.05) is 33.1 Å². The van der Waals surface area contributed by atoms with Crippen molar-refractivity contribution in [1.29, 1.82) is 5.26 Å². The number of rotatable bonds is 3. The van der Waals surface area contributed by atoms with Crippen LogP contribution in [0.5, 0.6) is 0 Å². The van der Waals surface area contributed by atoms with Crippen LogP contribution < -0.4 is 0 Å². The Kier molecular flexibility index (Phi) is 2.92. The second kappa shape index (κ2) is 3.96. The predicted molar refractivity (Wildman–Crippen MR) is 44.4 cm³/mol. The monoisotopic (exact) mass is 167 g/mol. The van der Waals surface area contributed by atoms with Crippen LogP contribution in [0.1, 0.15) is 12.8 Å². The summed E-state index contributed by atoms with van der Waals surface area (Å²) in [6.45, 7) is 2.34. The Labute approximate surface area is 72.4 Å². The van der Waals surface area contributed by atoms with Crippen LogP contribution in [-0.2, 0) is 0 Å². The van der Waals surface area contributed by atoms with Gasteiger partial charge in [0.15, 0.2) is 0 Å². The molecule has 0 atom stereocenters. The maximum Gasteiger partial charge on any atom is 0.319 e. The van der Waals surface area contributed by atoms with Crippen molar-refractivity contribution in [2.24, 2.45) is 0 Å². The van der Waals surface area contributed by atoms with E-state index in [1.807, 2.05) is 0 Å². The van der Waals surface area contributed by atoms with Gasteiger partial charge in [-0.1, -0.05) is 0 Å². The van der Waals surface area contributed by atoms with Gasteiger partial charge in [0.05, 0.1) is 6.07 Å². The number of carbonyl (C=O) groups excluding carboxylic acids is 1. The third kappa shape index (κ3) is 1.88. The highest BCUT2D eigenvalue weighted by atomic mass is 16.2. The number of nitrogens with zero attached hydrogens (tertiary/aromatic N) is 3. The number of carbonyl (C=O) groups is 1. The van der Waals surface area contributed by atoms with Crippen LogP contribution in [0.3, 0.4) is 0 Å². The average Bonchev–Trinajstić information content (AvgIpc) is 2.36. The van der Waals surface area contributed by atoms with E-state index in [1.54, 1.807) is 16.8 Å². The molecule has 0 aromatic heterocycles. The van der Waals surface area contributed by atoms with Crippen LogP contribution in [0.2, 0.25) is 0 Å². The zero-order valence-electron chi connectivity index (χ0n) is 7.29. The van der Waals surface area contributed by atoms with E-state index in [4.69, 9.17) is 5.26 Å². The molecule has 1 aliphatic rings. The maximum atomic E-state index is 11.3. The molecule has 0 N–H and O–H groups in total. The van der Waals surface area contributed by atoms with Crippen molar-refractivity contribution in [2.45, 2.75) is 12.8 Å². The first-order valence-electron chi connectivity index (χ1n) is 4.12. The molecule has 12 heavy (non-hydrogen) atoms. The second-order valence-electron chi connectivity index (χ2n) is 2.95. The fourth-order valence-electron chi connectivity index (χ4n) is 1.26. The van der Waals surface area contributed by atoms with Gasteiger partial charge in [0.25, 0.3) is 0 Å². The number of amides is 2. The van der Waals surface area contributed by atoms with Gasteiger partial charge in [0.2, 0.25) is 0 Å². The third-order valence-electron chi connectivity index (χ3n) is 2.02. The summed E-state index contributed by atoms with van der Waals surface area (Å²) in [6.07, 6.45) is 1.32. The van der Waals surface area contributed by atoms with Crippen LogP contribution in [0.15, 0.2) is 0 Å². The predicted octanol–water partition coefficient (Wildman–Crippen LogP) is 0.658. The van der Waals surface area contributed by atoms with Crippen molar-refractivity contribution < 1.29 is 4.79 Å². The Morgan fingerprint density at radius 2 is 2.33 bits per heavy atom. The lowest BCUT2D eigenvalue weighted by atomic mass is 10.3. The second-order valence-corrected chi connectivity index (χ2v) is 2.95. The zero-order valence-corrected chi connectivity index (χ0v) is 7.29.